The van der Waals surface area contributed by atoms with Crippen LogP contribution in [0.25, 0.3) is 0 Å². The average molecular weight is 219 g/mol. The van der Waals surface area contributed by atoms with Crippen molar-refractivity contribution in [3.05, 3.63) is 29.3 Å². The number of rotatable bonds is 4. The number of hydrogen-bond acceptors (Lipinski definition) is 3. The predicted octanol–water partition coefficient (Wildman–Crippen LogP) is 1.40. The Morgan fingerprint density at radius 3 is 2.81 bits per heavy atom. The number of nitrogens with one attached hydrogen (secondary N) is 1. The Morgan fingerprint density at radius 1 is 1.50 bits per heavy atom. The minimum Gasteiger partial charge on any atom is -0.490 e. The minimum atomic E-state index is -0.293. The molecule has 0 bridgehead atoms. The molecule has 1 aromatic rings. The molecule has 84 valence electrons. The maximum absolute atomic E-state index is 11.7. The quantitative estimate of drug-likeness (QED) is 0.779. The first-order valence-corrected chi connectivity index (χ1v) is 5.23. The van der Waals surface area contributed by atoms with Crippen LogP contribution in [-0.4, -0.2) is 25.3 Å². The highest BCUT2D eigenvalue weighted by atomic mass is 16.5. The summed E-state index contributed by atoms with van der Waals surface area (Å²) in [5, 5.41) is 2.51. The topological polar surface area (TPSA) is 55.4 Å². The summed E-state index contributed by atoms with van der Waals surface area (Å²) in [7, 11) is 1.53. The monoisotopic (exact) mass is 219 g/mol. The Labute approximate surface area is 93.6 Å². The first-order valence-electron chi connectivity index (χ1n) is 5.23. The summed E-state index contributed by atoms with van der Waals surface area (Å²) < 4.78 is 5.60. The lowest BCUT2D eigenvalue weighted by Crippen LogP contribution is -2.21. The molecule has 2 rings (SSSR count). The van der Waals surface area contributed by atoms with Crippen molar-refractivity contribution in [2.75, 3.05) is 7.05 Å². The zero-order valence-electron chi connectivity index (χ0n) is 9.03. The third-order valence-electron chi connectivity index (χ3n) is 2.46. The largest absolute Gasteiger partial charge is 0.490 e. The number of amides is 1. The van der Waals surface area contributed by atoms with Gasteiger partial charge in [-0.15, -0.1) is 0 Å². The maximum atomic E-state index is 11.7. The molecule has 0 heterocycles. The number of aldehydes is 1. The molecule has 0 atom stereocenters. The molecule has 0 aromatic heterocycles. The molecule has 1 fully saturated rings. The van der Waals surface area contributed by atoms with Gasteiger partial charge in [-0.25, -0.2) is 0 Å². The molecule has 16 heavy (non-hydrogen) atoms. The third-order valence-corrected chi connectivity index (χ3v) is 2.46. The van der Waals surface area contributed by atoms with Gasteiger partial charge in [0.1, 0.15) is 5.75 Å². The highest BCUT2D eigenvalue weighted by Crippen LogP contribution is 2.30. The van der Waals surface area contributed by atoms with Crippen LogP contribution in [0.1, 0.15) is 33.6 Å². The van der Waals surface area contributed by atoms with Crippen LogP contribution < -0.4 is 10.1 Å². The molecular formula is C12H13NO3. The van der Waals surface area contributed by atoms with Crippen molar-refractivity contribution in [1.29, 1.82) is 0 Å². The number of ether oxygens (including phenoxy) is 1. The molecule has 0 saturated heterocycles. The Hall–Kier alpha value is -1.84. The fourth-order valence-corrected chi connectivity index (χ4v) is 1.48. The summed E-state index contributed by atoms with van der Waals surface area (Å²) in [4.78, 5) is 22.5. The summed E-state index contributed by atoms with van der Waals surface area (Å²) in [6, 6.07) is 5.04. The van der Waals surface area contributed by atoms with E-state index in [1.165, 1.54) is 7.05 Å². The van der Waals surface area contributed by atoms with Crippen molar-refractivity contribution in [1.82, 2.24) is 5.32 Å². The summed E-state index contributed by atoms with van der Waals surface area (Å²) in [6.45, 7) is 0. The lowest BCUT2D eigenvalue weighted by molar-refractivity contribution is 0.0952. The molecule has 1 saturated carbocycles. The molecule has 1 N–H and O–H groups in total. The van der Waals surface area contributed by atoms with Gasteiger partial charge in [0.15, 0.2) is 6.29 Å². The van der Waals surface area contributed by atoms with Crippen LogP contribution in [0.3, 0.4) is 0 Å². The molecule has 0 radical (unpaired) electrons. The van der Waals surface area contributed by atoms with Gasteiger partial charge in [0.05, 0.1) is 11.7 Å². The van der Waals surface area contributed by atoms with Gasteiger partial charge in [-0.3, -0.25) is 9.59 Å². The summed E-state index contributed by atoms with van der Waals surface area (Å²) in [5.74, 6) is 0.199. The molecule has 1 aliphatic rings. The smallest absolute Gasteiger partial charge is 0.255 e. The lowest BCUT2D eigenvalue weighted by atomic mass is 10.1. The fourth-order valence-electron chi connectivity index (χ4n) is 1.48. The Bertz CT molecular complexity index is 424. The summed E-state index contributed by atoms with van der Waals surface area (Å²) in [5.41, 5.74) is 0.685. The van der Waals surface area contributed by atoms with Crippen LogP contribution >= 0.6 is 0 Å². The second-order valence-corrected chi connectivity index (χ2v) is 3.73. The summed E-state index contributed by atoms with van der Waals surface area (Å²) >= 11 is 0. The van der Waals surface area contributed by atoms with Crippen molar-refractivity contribution in [3.63, 3.8) is 0 Å². The van der Waals surface area contributed by atoms with E-state index in [0.717, 1.165) is 12.8 Å². The van der Waals surface area contributed by atoms with Gasteiger partial charge < -0.3 is 10.1 Å². The highest BCUT2D eigenvalue weighted by Gasteiger charge is 2.26. The van der Waals surface area contributed by atoms with E-state index in [1.807, 2.05) is 0 Å². The Balaban J connectivity index is 2.40. The molecule has 1 aromatic carbocycles. The first-order chi connectivity index (χ1) is 7.76. The molecule has 4 nitrogen and oxygen atoms in total. The number of carbonyl (C=O) groups excluding carboxylic acids is 2. The van der Waals surface area contributed by atoms with Crippen molar-refractivity contribution in [2.24, 2.45) is 0 Å². The first kappa shape index (κ1) is 10.7. The van der Waals surface area contributed by atoms with Crippen molar-refractivity contribution in [2.45, 2.75) is 18.9 Å². The zero-order valence-corrected chi connectivity index (χ0v) is 9.03. The van der Waals surface area contributed by atoms with Gasteiger partial charge in [0.25, 0.3) is 5.91 Å². The highest BCUT2D eigenvalue weighted by molar-refractivity contribution is 6.03. The van der Waals surface area contributed by atoms with E-state index in [1.54, 1.807) is 18.2 Å². The molecule has 0 aliphatic heterocycles. The van der Waals surface area contributed by atoms with Crippen LogP contribution in [0.15, 0.2) is 18.2 Å². The minimum absolute atomic E-state index is 0.199. The van der Waals surface area contributed by atoms with Crippen LogP contribution in [0.4, 0.5) is 0 Å². The number of benzene rings is 1. The van der Waals surface area contributed by atoms with E-state index in [2.05, 4.69) is 5.32 Å². The van der Waals surface area contributed by atoms with Gasteiger partial charge >= 0.3 is 0 Å². The van der Waals surface area contributed by atoms with E-state index in [4.69, 9.17) is 4.74 Å². The molecule has 0 unspecified atom stereocenters. The van der Waals surface area contributed by atoms with E-state index < -0.39 is 0 Å². The SMILES string of the molecule is CNC(=O)c1c(C=O)cccc1OC1CC1. The van der Waals surface area contributed by atoms with Crippen molar-refractivity contribution >= 4 is 12.2 Å². The Morgan fingerprint density at radius 2 is 2.25 bits per heavy atom. The van der Waals surface area contributed by atoms with Gasteiger partial charge in [0.2, 0.25) is 0 Å². The van der Waals surface area contributed by atoms with Crippen LogP contribution in [0.5, 0.6) is 5.75 Å². The maximum Gasteiger partial charge on any atom is 0.255 e. The second-order valence-electron chi connectivity index (χ2n) is 3.73. The van der Waals surface area contributed by atoms with Crippen molar-refractivity contribution < 1.29 is 14.3 Å². The van der Waals surface area contributed by atoms with E-state index >= 15 is 0 Å². The van der Waals surface area contributed by atoms with Crippen molar-refractivity contribution in [3.8, 4) is 5.75 Å². The lowest BCUT2D eigenvalue weighted by Gasteiger charge is -2.11. The van der Waals surface area contributed by atoms with Crippen LogP contribution in [-0.2, 0) is 0 Å². The number of hydrogen-bond donors (Lipinski definition) is 1. The van der Waals surface area contributed by atoms with E-state index in [9.17, 15) is 9.59 Å². The van der Waals surface area contributed by atoms with Crippen LogP contribution in [0.2, 0.25) is 0 Å². The molecule has 0 spiro atoms. The molecule has 1 amide bonds. The molecule has 1 aliphatic carbocycles. The summed E-state index contributed by atoms with van der Waals surface area (Å²) in [6.07, 6.45) is 2.90. The van der Waals surface area contributed by atoms with Crippen LogP contribution in [0, 0.1) is 0 Å². The van der Waals surface area contributed by atoms with Gasteiger partial charge in [-0.05, 0) is 18.9 Å². The second kappa shape index (κ2) is 4.35. The zero-order chi connectivity index (χ0) is 11.5. The van der Waals surface area contributed by atoms with E-state index in [0.29, 0.717) is 23.2 Å². The third kappa shape index (κ3) is 2.05. The average Bonchev–Trinajstić information content (AvgIpc) is 3.11. The van der Waals surface area contributed by atoms with E-state index in [-0.39, 0.29) is 12.0 Å². The van der Waals surface area contributed by atoms with Gasteiger partial charge in [-0.2, -0.15) is 0 Å². The molecule has 4 heteroatoms. The Kier molecular flexibility index (Phi) is 2.90. The predicted molar refractivity (Wildman–Crippen MR) is 58.9 cm³/mol. The molecular weight excluding hydrogens is 206 g/mol. The standard InChI is InChI=1S/C12H13NO3/c1-13-12(15)11-8(7-14)3-2-4-10(11)16-9-5-6-9/h2-4,7,9H,5-6H2,1H3,(H,13,15). The fraction of sp³-hybridized carbons (Fsp3) is 0.333. The normalized spacial score (nSPS) is 14.3. The van der Waals surface area contributed by atoms with Gasteiger partial charge in [-0.1, -0.05) is 12.1 Å². The van der Waals surface area contributed by atoms with Gasteiger partial charge in [0, 0.05) is 12.6 Å². The number of carbonyl (C=O) groups is 2.